The van der Waals surface area contributed by atoms with Crippen molar-refractivity contribution in [1.29, 1.82) is 0 Å². The van der Waals surface area contributed by atoms with Gasteiger partial charge in [0.2, 0.25) is 0 Å². The van der Waals surface area contributed by atoms with E-state index in [2.05, 4.69) is 5.32 Å². The van der Waals surface area contributed by atoms with Gasteiger partial charge in [-0.25, -0.2) is 4.79 Å². The third-order valence-electron chi connectivity index (χ3n) is 2.55. The van der Waals surface area contributed by atoms with Gasteiger partial charge < -0.3 is 14.8 Å². The van der Waals surface area contributed by atoms with Gasteiger partial charge in [0.05, 0.1) is 12.6 Å². The normalized spacial score (nSPS) is 34.0. The average Bonchev–Trinajstić information content (AvgIpc) is 2.53. The fraction of sp³-hybridized carbons (Fsp3) is 0.889. The summed E-state index contributed by atoms with van der Waals surface area (Å²) in [6, 6.07) is 0. The van der Waals surface area contributed by atoms with Crippen molar-refractivity contribution < 1.29 is 14.3 Å². The first-order chi connectivity index (χ1) is 6.34. The quantitative estimate of drug-likeness (QED) is 0.699. The van der Waals surface area contributed by atoms with E-state index in [4.69, 9.17) is 9.47 Å². The van der Waals surface area contributed by atoms with Crippen LogP contribution >= 0.6 is 0 Å². The van der Waals surface area contributed by atoms with Crippen LogP contribution in [0.2, 0.25) is 0 Å². The zero-order valence-corrected chi connectivity index (χ0v) is 7.62. The van der Waals surface area contributed by atoms with Gasteiger partial charge >= 0.3 is 6.09 Å². The molecule has 2 unspecified atom stereocenters. The van der Waals surface area contributed by atoms with Gasteiger partial charge in [0.1, 0.15) is 6.10 Å². The van der Waals surface area contributed by atoms with Crippen molar-refractivity contribution in [2.24, 2.45) is 0 Å². The number of rotatable bonds is 2. The van der Waals surface area contributed by atoms with Gasteiger partial charge in [0.25, 0.3) is 0 Å². The average molecular weight is 185 g/mol. The molecule has 0 aromatic rings. The minimum absolute atomic E-state index is 0.0237. The SMILES string of the molecule is O=C1NCC(CC2CCCCO2)O1. The van der Waals surface area contributed by atoms with Gasteiger partial charge in [0, 0.05) is 13.0 Å². The van der Waals surface area contributed by atoms with E-state index in [1.165, 1.54) is 12.8 Å². The molecule has 0 aromatic heterocycles. The van der Waals surface area contributed by atoms with Crippen molar-refractivity contribution >= 4 is 6.09 Å². The molecule has 74 valence electrons. The highest BCUT2D eigenvalue weighted by molar-refractivity contribution is 5.69. The number of carbonyl (C=O) groups excluding carboxylic acids is 1. The second-order valence-corrected chi connectivity index (χ2v) is 3.63. The molecule has 2 heterocycles. The Bertz CT molecular complexity index is 189. The van der Waals surface area contributed by atoms with Crippen LogP contribution in [0.5, 0.6) is 0 Å². The molecule has 1 N–H and O–H groups in total. The largest absolute Gasteiger partial charge is 0.444 e. The number of alkyl carbamates (subject to hydrolysis) is 1. The van der Waals surface area contributed by atoms with Gasteiger partial charge in [-0.15, -0.1) is 0 Å². The van der Waals surface area contributed by atoms with Crippen LogP contribution in [-0.4, -0.2) is 31.5 Å². The standard InChI is InChI=1S/C9H15NO3/c11-9-10-6-8(13-9)5-7-3-1-2-4-12-7/h7-8H,1-6H2,(H,10,11). The molecule has 0 spiro atoms. The molecule has 0 bridgehead atoms. The van der Waals surface area contributed by atoms with Crippen LogP contribution in [0.3, 0.4) is 0 Å². The topological polar surface area (TPSA) is 47.6 Å². The number of carbonyl (C=O) groups is 1. The summed E-state index contributed by atoms with van der Waals surface area (Å²) in [5.41, 5.74) is 0. The van der Waals surface area contributed by atoms with E-state index < -0.39 is 0 Å². The maximum Gasteiger partial charge on any atom is 0.407 e. The van der Waals surface area contributed by atoms with Crippen LogP contribution in [0.1, 0.15) is 25.7 Å². The Labute approximate surface area is 77.6 Å². The molecule has 0 aliphatic carbocycles. The number of amides is 1. The Balaban J connectivity index is 1.73. The second-order valence-electron chi connectivity index (χ2n) is 3.63. The lowest BCUT2D eigenvalue weighted by atomic mass is 10.0. The first-order valence-electron chi connectivity index (χ1n) is 4.90. The van der Waals surface area contributed by atoms with E-state index in [0.29, 0.717) is 12.6 Å². The van der Waals surface area contributed by atoms with Crippen molar-refractivity contribution in [1.82, 2.24) is 5.32 Å². The first kappa shape index (κ1) is 8.81. The molecule has 2 rings (SSSR count). The zero-order chi connectivity index (χ0) is 9.10. The van der Waals surface area contributed by atoms with Crippen LogP contribution in [0.4, 0.5) is 4.79 Å². The summed E-state index contributed by atoms with van der Waals surface area (Å²) in [4.78, 5) is 10.7. The van der Waals surface area contributed by atoms with Crippen LogP contribution < -0.4 is 5.32 Å². The maximum atomic E-state index is 10.7. The Hall–Kier alpha value is -0.770. The van der Waals surface area contributed by atoms with Crippen molar-refractivity contribution in [3.8, 4) is 0 Å². The highest BCUT2D eigenvalue weighted by atomic mass is 16.6. The van der Waals surface area contributed by atoms with E-state index in [1.807, 2.05) is 0 Å². The lowest BCUT2D eigenvalue weighted by Gasteiger charge is -2.23. The van der Waals surface area contributed by atoms with E-state index in [1.54, 1.807) is 0 Å². The van der Waals surface area contributed by atoms with Gasteiger partial charge in [-0.1, -0.05) is 0 Å². The molecule has 2 saturated heterocycles. The number of nitrogens with one attached hydrogen (secondary N) is 1. The molecule has 1 amide bonds. The van der Waals surface area contributed by atoms with Crippen molar-refractivity contribution in [2.75, 3.05) is 13.2 Å². The van der Waals surface area contributed by atoms with E-state index in [0.717, 1.165) is 19.4 Å². The van der Waals surface area contributed by atoms with Crippen LogP contribution in [0.15, 0.2) is 0 Å². The molecule has 2 fully saturated rings. The van der Waals surface area contributed by atoms with Crippen LogP contribution in [0, 0.1) is 0 Å². The van der Waals surface area contributed by atoms with Crippen molar-refractivity contribution in [3.63, 3.8) is 0 Å². The van der Waals surface area contributed by atoms with Gasteiger partial charge in [0.15, 0.2) is 0 Å². The molecule has 0 saturated carbocycles. The molecule has 13 heavy (non-hydrogen) atoms. The minimum atomic E-state index is -0.291. The van der Waals surface area contributed by atoms with E-state index in [-0.39, 0.29) is 12.2 Å². The predicted molar refractivity (Wildman–Crippen MR) is 46.5 cm³/mol. The Morgan fingerprint density at radius 3 is 2.92 bits per heavy atom. The third-order valence-corrected chi connectivity index (χ3v) is 2.55. The molecular formula is C9H15NO3. The fourth-order valence-corrected chi connectivity index (χ4v) is 1.85. The number of hydrogen-bond donors (Lipinski definition) is 1. The molecular weight excluding hydrogens is 170 g/mol. The van der Waals surface area contributed by atoms with Crippen LogP contribution in [-0.2, 0) is 9.47 Å². The minimum Gasteiger partial charge on any atom is -0.444 e. The predicted octanol–water partition coefficient (Wildman–Crippen LogP) is 1.05. The highest BCUT2D eigenvalue weighted by Crippen LogP contribution is 2.19. The summed E-state index contributed by atoms with van der Waals surface area (Å²) >= 11 is 0. The molecule has 4 nitrogen and oxygen atoms in total. The van der Waals surface area contributed by atoms with Gasteiger partial charge in [-0.05, 0) is 19.3 Å². The highest BCUT2D eigenvalue weighted by Gasteiger charge is 2.26. The Morgan fingerprint density at radius 2 is 2.31 bits per heavy atom. The Morgan fingerprint density at radius 1 is 1.38 bits per heavy atom. The number of cyclic esters (lactones) is 1. The summed E-state index contributed by atoms with van der Waals surface area (Å²) in [6.07, 6.45) is 4.38. The van der Waals surface area contributed by atoms with Crippen molar-refractivity contribution in [3.05, 3.63) is 0 Å². The van der Waals surface area contributed by atoms with Crippen molar-refractivity contribution in [2.45, 2.75) is 37.9 Å². The van der Waals surface area contributed by atoms with Gasteiger partial charge in [-0.2, -0.15) is 0 Å². The number of ether oxygens (including phenoxy) is 2. The van der Waals surface area contributed by atoms with E-state index in [9.17, 15) is 4.79 Å². The van der Waals surface area contributed by atoms with Crippen LogP contribution in [0.25, 0.3) is 0 Å². The molecule has 2 atom stereocenters. The summed E-state index contributed by atoms with van der Waals surface area (Å²) < 4.78 is 10.6. The lowest BCUT2D eigenvalue weighted by molar-refractivity contribution is -0.0102. The molecule has 0 radical (unpaired) electrons. The second kappa shape index (κ2) is 3.96. The lowest BCUT2D eigenvalue weighted by Crippen LogP contribution is -2.26. The molecule has 0 aromatic carbocycles. The summed E-state index contributed by atoms with van der Waals surface area (Å²) in [5, 5.41) is 2.64. The molecule has 2 aliphatic heterocycles. The maximum absolute atomic E-state index is 10.7. The zero-order valence-electron chi connectivity index (χ0n) is 7.62. The fourth-order valence-electron chi connectivity index (χ4n) is 1.85. The summed E-state index contributed by atoms with van der Waals surface area (Å²) in [5.74, 6) is 0. The molecule has 4 heteroatoms. The monoisotopic (exact) mass is 185 g/mol. The summed E-state index contributed by atoms with van der Waals surface area (Å²) in [6.45, 7) is 1.50. The van der Waals surface area contributed by atoms with Gasteiger partial charge in [-0.3, -0.25) is 0 Å². The number of hydrogen-bond acceptors (Lipinski definition) is 3. The Kier molecular flexibility index (Phi) is 2.68. The van der Waals surface area contributed by atoms with E-state index >= 15 is 0 Å². The summed E-state index contributed by atoms with van der Waals surface area (Å²) in [7, 11) is 0. The molecule has 2 aliphatic rings. The first-order valence-corrected chi connectivity index (χ1v) is 4.90. The third kappa shape index (κ3) is 2.34. The smallest absolute Gasteiger partial charge is 0.407 e.